The number of nitrogens with one attached hydrogen (secondary N) is 1. The van der Waals surface area contributed by atoms with Crippen LogP contribution in [-0.4, -0.2) is 22.8 Å². The molecule has 1 fully saturated rings. The van der Waals surface area contributed by atoms with Crippen LogP contribution in [0, 0.1) is 0 Å². The second-order valence-electron chi connectivity index (χ2n) is 6.28. The van der Waals surface area contributed by atoms with Gasteiger partial charge in [0.15, 0.2) is 0 Å². The van der Waals surface area contributed by atoms with Crippen LogP contribution in [0.25, 0.3) is 0 Å². The van der Waals surface area contributed by atoms with Gasteiger partial charge >= 0.3 is 0 Å². The van der Waals surface area contributed by atoms with Gasteiger partial charge in [0, 0.05) is 13.0 Å². The van der Waals surface area contributed by atoms with Crippen molar-refractivity contribution in [3.05, 3.63) is 35.4 Å². The Bertz CT molecular complexity index is 452. The van der Waals surface area contributed by atoms with Gasteiger partial charge in [-0.05, 0) is 48.6 Å². The van der Waals surface area contributed by atoms with Crippen LogP contribution in [0.1, 0.15) is 74.3 Å². The minimum absolute atomic E-state index is 0.107. The molecule has 0 saturated heterocycles. The molecule has 0 aromatic heterocycles. The van der Waals surface area contributed by atoms with Gasteiger partial charge in [-0.2, -0.15) is 0 Å². The maximum Gasteiger partial charge on any atom is 0.243 e. The highest BCUT2D eigenvalue weighted by Crippen LogP contribution is 2.34. The highest BCUT2D eigenvalue weighted by atomic mass is 16.5. The quantitative estimate of drug-likeness (QED) is 0.533. The number of hydroxylamine groups is 1. The largest absolute Gasteiger partial charge is 0.396 e. The van der Waals surface area contributed by atoms with Crippen LogP contribution in [0.4, 0.5) is 0 Å². The molecule has 0 spiro atoms. The number of rotatable bonds is 7. The minimum atomic E-state index is -0.373. The normalized spacial score (nSPS) is 17.2. The summed E-state index contributed by atoms with van der Waals surface area (Å²) in [5, 5.41) is 17.8. The zero-order valence-corrected chi connectivity index (χ0v) is 13.1. The van der Waals surface area contributed by atoms with E-state index in [1.807, 2.05) is 0 Å². The standard InChI is InChI=1S/C18H27NO3/c20-13-12-17(10-11-18(21)19-22)16-8-6-15(7-9-16)14-4-2-1-3-5-14/h6-9,14,17,20,22H,1-5,10-13H2,(H,19,21). The van der Waals surface area contributed by atoms with Crippen molar-refractivity contribution in [3.63, 3.8) is 0 Å². The highest BCUT2D eigenvalue weighted by Gasteiger charge is 2.17. The van der Waals surface area contributed by atoms with Gasteiger partial charge in [0.1, 0.15) is 0 Å². The molecule has 0 radical (unpaired) electrons. The molecule has 1 unspecified atom stereocenters. The molecule has 22 heavy (non-hydrogen) atoms. The maximum absolute atomic E-state index is 11.2. The van der Waals surface area contributed by atoms with Crippen molar-refractivity contribution < 1.29 is 15.1 Å². The fourth-order valence-corrected chi connectivity index (χ4v) is 3.47. The number of amides is 1. The first kappa shape index (κ1) is 17.0. The molecule has 122 valence electrons. The summed E-state index contributed by atoms with van der Waals surface area (Å²) in [4.78, 5) is 11.2. The summed E-state index contributed by atoms with van der Waals surface area (Å²) < 4.78 is 0. The number of aliphatic hydroxyl groups excluding tert-OH is 1. The molecule has 1 aromatic carbocycles. The number of hydrogen-bond donors (Lipinski definition) is 3. The lowest BCUT2D eigenvalue weighted by atomic mass is 9.83. The predicted octanol–water partition coefficient (Wildman–Crippen LogP) is 3.49. The maximum atomic E-state index is 11.2. The Morgan fingerprint density at radius 2 is 1.82 bits per heavy atom. The van der Waals surface area contributed by atoms with Crippen molar-refractivity contribution in [1.29, 1.82) is 0 Å². The molecule has 0 aliphatic heterocycles. The molecular formula is C18H27NO3. The van der Waals surface area contributed by atoms with Crippen LogP contribution in [-0.2, 0) is 4.79 Å². The van der Waals surface area contributed by atoms with E-state index in [0.717, 1.165) is 0 Å². The predicted molar refractivity (Wildman–Crippen MR) is 85.9 cm³/mol. The lowest BCUT2D eigenvalue weighted by Gasteiger charge is -2.23. The van der Waals surface area contributed by atoms with Crippen LogP contribution >= 0.6 is 0 Å². The molecule has 1 aliphatic carbocycles. The zero-order valence-electron chi connectivity index (χ0n) is 13.1. The third-order valence-electron chi connectivity index (χ3n) is 4.81. The summed E-state index contributed by atoms with van der Waals surface area (Å²) in [6.45, 7) is 0.107. The molecule has 0 bridgehead atoms. The van der Waals surface area contributed by atoms with Crippen LogP contribution < -0.4 is 5.48 Å². The Hall–Kier alpha value is -1.39. The summed E-state index contributed by atoms with van der Waals surface area (Å²) >= 11 is 0. The van der Waals surface area contributed by atoms with E-state index >= 15 is 0 Å². The van der Waals surface area contributed by atoms with Gasteiger partial charge < -0.3 is 5.11 Å². The molecular weight excluding hydrogens is 278 g/mol. The third kappa shape index (κ3) is 4.82. The van der Waals surface area contributed by atoms with E-state index in [-0.39, 0.29) is 24.9 Å². The molecule has 1 atom stereocenters. The monoisotopic (exact) mass is 305 g/mol. The van der Waals surface area contributed by atoms with Gasteiger partial charge in [-0.1, -0.05) is 43.5 Å². The van der Waals surface area contributed by atoms with Crippen molar-refractivity contribution in [2.45, 2.75) is 63.2 Å². The van der Waals surface area contributed by atoms with Crippen molar-refractivity contribution >= 4 is 5.91 Å². The van der Waals surface area contributed by atoms with E-state index < -0.39 is 0 Å². The lowest BCUT2D eigenvalue weighted by molar-refractivity contribution is -0.129. The Labute approximate surface area is 132 Å². The summed E-state index contributed by atoms with van der Waals surface area (Å²) in [7, 11) is 0. The number of carbonyl (C=O) groups is 1. The second kappa shape index (κ2) is 8.91. The lowest BCUT2D eigenvalue weighted by Crippen LogP contribution is -2.19. The van der Waals surface area contributed by atoms with Crippen molar-refractivity contribution in [2.75, 3.05) is 6.61 Å². The van der Waals surface area contributed by atoms with E-state index in [2.05, 4.69) is 24.3 Å². The smallest absolute Gasteiger partial charge is 0.243 e. The van der Waals surface area contributed by atoms with E-state index in [0.29, 0.717) is 18.8 Å². The molecule has 4 heteroatoms. The van der Waals surface area contributed by atoms with Crippen LogP contribution in [0.2, 0.25) is 0 Å². The van der Waals surface area contributed by atoms with Gasteiger partial charge in [0.2, 0.25) is 5.91 Å². The fourth-order valence-electron chi connectivity index (χ4n) is 3.47. The summed E-state index contributed by atoms with van der Waals surface area (Å²) in [6, 6.07) is 8.70. The Morgan fingerprint density at radius 3 is 2.41 bits per heavy atom. The zero-order chi connectivity index (χ0) is 15.8. The van der Waals surface area contributed by atoms with Crippen LogP contribution in [0.3, 0.4) is 0 Å². The number of hydrogen-bond acceptors (Lipinski definition) is 3. The molecule has 3 N–H and O–H groups in total. The third-order valence-corrected chi connectivity index (χ3v) is 4.81. The van der Waals surface area contributed by atoms with E-state index in [1.54, 1.807) is 5.48 Å². The molecule has 0 heterocycles. The number of aliphatic hydroxyl groups is 1. The Kier molecular flexibility index (Phi) is 6.87. The van der Waals surface area contributed by atoms with Gasteiger partial charge in [-0.15, -0.1) is 0 Å². The Balaban J connectivity index is 1.99. The molecule has 1 amide bonds. The first-order chi connectivity index (χ1) is 10.7. The molecule has 2 rings (SSSR count). The van der Waals surface area contributed by atoms with Gasteiger partial charge in [0.25, 0.3) is 0 Å². The van der Waals surface area contributed by atoms with Gasteiger partial charge in [-0.25, -0.2) is 5.48 Å². The van der Waals surface area contributed by atoms with Gasteiger partial charge in [0.05, 0.1) is 0 Å². The average molecular weight is 305 g/mol. The Morgan fingerprint density at radius 1 is 1.14 bits per heavy atom. The number of carbonyl (C=O) groups excluding carboxylic acids is 1. The summed E-state index contributed by atoms with van der Waals surface area (Å²) in [6.07, 6.45) is 8.14. The first-order valence-electron chi connectivity index (χ1n) is 8.38. The summed E-state index contributed by atoms with van der Waals surface area (Å²) in [5.41, 5.74) is 4.25. The fraction of sp³-hybridized carbons (Fsp3) is 0.611. The highest BCUT2D eigenvalue weighted by molar-refractivity contribution is 5.74. The molecule has 1 saturated carbocycles. The average Bonchev–Trinajstić information content (AvgIpc) is 2.59. The second-order valence-corrected chi connectivity index (χ2v) is 6.28. The van der Waals surface area contributed by atoms with Crippen molar-refractivity contribution in [2.24, 2.45) is 0 Å². The number of benzene rings is 1. The summed E-state index contributed by atoms with van der Waals surface area (Å²) in [5.74, 6) is 0.476. The topological polar surface area (TPSA) is 69.6 Å². The van der Waals surface area contributed by atoms with E-state index in [1.165, 1.54) is 43.2 Å². The SMILES string of the molecule is O=C(CCC(CCO)c1ccc(C2CCCCC2)cc1)NO. The minimum Gasteiger partial charge on any atom is -0.396 e. The van der Waals surface area contributed by atoms with Crippen LogP contribution in [0.5, 0.6) is 0 Å². The van der Waals surface area contributed by atoms with Gasteiger partial charge in [-0.3, -0.25) is 10.0 Å². The molecule has 1 aromatic rings. The van der Waals surface area contributed by atoms with E-state index in [9.17, 15) is 9.90 Å². The molecule has 4 nitrogen and oxygen atoms in total. The van der Waals surface area contributed by atoms with Crippen molar-refractivity contribution in [1.82, 2.24) is 5.48 Å². The van der Waals surface area contributed by atoms with Crippen molar-refractivity contribution in [3.8, 4) is 0 Å². The molecule has 1 aliphatic rings. The first-order valence-corrected chi connectivity index (χ1v) is 8.38. The van der Waals surface area contributed by atoms with Crippen LogP contribution in [0.15, 0.2) is 24.3 Å². The van der Waals surface area contributed by atoms with E-state index in [4.69, 9.17) is 5.21 Å².